The van der Waals surface area contributed by atoms with Gasteiger partial charge in [-0.15, -0.1) is 6.58 Å². The zero-order chi connectivity index (χ0) is 30.9. The van der Waals surface area contributed by atoms with Crippen LogP contribution in [0.3, 0.4) is 0 Å². The molecule has 1 heterocycles. The first kappa shape index (κ1) is 34.9. The van der Waals surface area contributed by atoms with Gasteiger partial charge in [-0.1, -0.05) is 86.3 Å². The fraction of sp³-hybridized carbons (Fsp3) is 0.229. The SMILES string of the molecule is C.C=CCCCC(=O)OC.O=C(NC(Cc1ccccc1)C(=O)O)c1ccc(-c2cnc(OCc3ccccc3)nc2)cc1. The molecule has 1 atom stereocenters. The number of allylic oxidation sites excluding steroid dienone is 1. The van der Waals surface area contributed by atoms with Gasteiger partial charge in [0.2, 0.25) is 0 Å². The summed E-state index contributed by atoms with van der Waals surface area (Å²) in [6.45, 7) is 3.91. The van der Waals surface area contributed by atoms with Crippen LogP contribution in [-0.4, -0.2) is 46.1 Å². The maximum Gasteiger partial charge on any atom is 0.326 e. The number of methoxy groups -OCH3 is 1. The Morgan fingerprint density at radius 3 is 2.02 bits per heavy atom. The van der Waals surface area contributed by atoms with Crippen molar-refractivity contribution in [1.29, 1.82) is 0 Å². The number of amides is 1. The van der Waals surface area contributed by atoms with E-state index in [0.29, 0.717) is 18.6 Å². The van der Waals surface area contributed by atoms with Gasteiger partial charge in [-0.2, -0.15) is 0 Å². The number of ether oxygens (including phenoxy) is 2. The second-order valence-electron chi connectivity index (χ2n) is 9.42. The second-order valence-corrected chi connectivity index (χ2v) is 9.42. The van der Waals surface area contributed by atoms with Gasteiger partial charge in [0.25, 0.3) is 5.91 Å². The fourth-order valence-corrected chi connectivity index (χ4v) is 3.86. The number of aliphatic carboxylic acids is 1. The molecular weight excluding hydrogens is 558 g/mol. The van der Waals surface area contributed by atoms with Crippen molar-refractivity contribution in [3.8, 4) is 17.1 Å². The van der Waals surface area contributed by atoms with Crippen LogP contribution in [-0.2, 0) is 27.4 Å². The monoisotopic (exact) mass is 597 g/mol. The molecule has 3 aromatic carbocycles. The highest BCUT2D eigenvalue weighted by Crippen LogP contribution is 2.20. The molecule has 230 valence electrons. The Kier molecular flexibility index (Phi) is 15.1. The van der Waals surface area contributed by atoms with E-state index in [0.717, 1.165) is 35.1 Å². The molecule has 4 aromatic rings. The Balaban J connectivity index is 0.000000589. The summed E-state index contributed by atoms with van der Waals surface area (Å²) in [6, 6.07) is 25.0. The lowest BCUT2D eigenvalue weighted by Gasteiger charge is -2.15. The highest BCUT2D eigenvalue weighted by atomic mass is 16.5. The van der Waals surface area contributed by atoms with Crippen LogP contribution in [0.1, 0.15) is 48.2 Å². The van der Waals surface area contributed by atoms with Crippen LogP contribution in [0.15, 0.2) is 110 Å². The van der Waals surface area contributed by atoms with Crippen molar-refractivity contribution in [3.63, 3.8) is 0 Å². The molecule has 2 N–H and O–H groups in total. The van der Waals surface area contributed by atoms with Crippen LogP contribution >= 0.6 is 0 Å². The third-order valence-corrected chi connectivity index (χ3v) is 6.22. The maximum absolute atomic E-state index is 12.6. The van der Waals surface area contributed by atoms with Crippen molar-refractivity contribution in [2.24, 2.45) is 0 Å². The van der Waals surface area contributed by atoms with Gasteiger partial charge < -0.3 is 19.9 Å². The minimum atomic E-state index is -1.08. The standard InChI is InChI=1S/C27H23N3O4.C7H12O2.CH4/c31-25(30-24(26(32)33)15-19-7-3-1-4-8-19)22-13-11-21(12-14-22)23-16-28-27(29-17-23)34-18-20-9-5-2-6-10-20;1-3-4-5-6-7(8)9-2;/h1-14,16-17,24H,15,18H2,(H,30,31)(H,32,33);3H,1,4-6H2,2H3;1H4. The lowest BCUT2D eigenvalue weighted by Crippen LogP contribution is -2.42. The number of aromatic nitrogens is 2. The van der Waals surface area contributed by atoms with Crippen molar-refractivity contribution in [2.45, 2.75) is 45.8 Å². The molecule has 0 saturated carbocycles. The minimum absolute atomic E-state index is 0. The van der Waals surface area contributed by atoms with Crippen LogP contribution in [0.5, 0.6) is 6.01 Å². The van der Waals surface area contributed by atoms with Gasteiger partial charge >= 0.3 is 17.9 Å². The van der Waals surface area contributed by atoms with Crippen molar-refractivity contribution in [2.75, 3.05) is 7.11 Å². The van der Waals surface area contributed by atoms with Crippen LogP contribution in [0.4, 0.5) is 0 Å². The normalized spacial score (nSPS) is 10.6. The predicted octanol–water partition coefficient (Wildman–Crippen LogP) is 6.30. The Morgan fingerprint density at radius 1 is 0.886 bits per heavy atom. The highest BCUT2D eigenvalue weighted by molar-refractivity contribution is 5.97. The number of carboxylic acids is 1. The lowest BCUT2D eigenvalue weighted by molar-refractivity contribution is -0.141. The molecule has 0 spiro atoms. The molecule has 0 saturated heterocycles. The first-order valence-electron chi connectivity index (χ1n) is 13.7. The molecule has 0 fully saturated rings. The molecule has 9 heteroatoms. The molecule has 1 aromatic heterocycles. The summed E-state index contributed by atoms with van der Waals surface area (Å²) in [5.74, 6) is -1.67. The summed E-state index contributed by atoms with van der Waals surface area (Å²) >= 11 is 0. The number of benzene rings is 3. The number of unbranched alkanes of at least 4 members (excludes halogenated alkanes) is 1. The van der Waals surface area contributed by atoms with Gasteiger partial charge in [-0.25, -0.2) is 14.8 Å². The van der Waals surface area contributed by atoms with Gasteiger partial charge in [0.15, 0.2) is 0 Å². The van der Waals surface area contributed by atoms with Gasteiger partial charge in [-0.05, 0) is 41.7 Å². The smallest absolute Gasteiger partial charge is 0.326 e. The molecule has 0 aliphatic rings. The van der Waals surface area contributed by atoms with Crippen molar-refractivity contribution < 1.29 is 29.0 Å². The summed E-state index contributed by atoms with van der Waals surface area (Å²) in [7, 11) is 1.40. The number of hydrogen-bond acceptors (Lipinski definition) is 7. The second kappa shape index (κ2) is 19.0. The Bertz CT molecular complexity index is 1440. The van der Waals surface area contributed by atoms with E-state index < -0.39 is 17.9 Å². The summed E-state index contributed by atoms with van der Waals surface area (Å²) < 4.78 is 10.0. The fourth-order valence-electron chi connectivity index (χ4n) is 3.86. The number of carbonyl (C=O) groups excluding carboxylic acids is 2. The third-order valence-electron chi connectivity index (χ3n) is 6.22. The van der Waals surface area contributed by atoms with Gasteiger partial charge in [0.05, 0.1) is 7.11 Å². The van der Waals surface area contributed by atoms with E-state index in [2.05, 4.69) is 26.6 Å². The molecular formula is C35H39N3O6. The Hall–Kier alpha value is -5.31. The first-order chi connectivity index (χ1) is 20.9. The maximum atomic E-state index is 12.6. The molecule has 0 radical (unpaired) electrons. The number of nitrogens with zero attached hydrogens (tertiary/aromatic N) is 2. The van der Waals surface area contributed by atoms with Crippen molar-refractivity contribution in [1.82, 2.24) is 15.3 Å². The summed E-state index contributed by atoms with van der Waals surface area (Å²) in [6.07, 6.45) is 7.54. The largest absolute Gasteiger partial charge is 0.480 e. The topological polar surface area (TPSA) is 128 Å². The minimum Gasteiger partial charge on any atom is -0.480 e. The average Bonchev–Trinajstić information content (AvgIpc) is 3.05. The molecule has 4 rings (SSSR count). The predicted molar refractivity (Wildman–Crippen MR) is 170 cm³/mol. The zero-order valence-electron chi connectivity index (χ0n) is 24.0. The highest BCUT2D eigenvalue weighted by Gasteiger charge is 2.21. The number of hydrogen-bond donors (Lipinski definition) is 2. The van der Waals surface area contributed by atoms with E-state index in [1.54, 1.807) is 42.7 Å². The summed E-state index contributed by atoms with van der Waals surface area (Å²) in [4.78, 5) is 43.2. The number of rotatable bonds is 13. The van der Waals surface area contributed by atoms with Crippen LogP contribution in [0, 0.1) is 0 Å². The quantitative estimate of drug-likeness (QED) is 0.104. The molecule has 1 amide bonds. The summed E-state index contributed by atoms with van der Waals surface area (Å²) in [5, 5.41) is 12.1. The van der Waals surface area contributed by atoms with E-state index in [4.69, 9.17) is 4.74 Å². The van der Waals surface area contributed by atoms with Gasteiger partial charge in [0.1, 0.15) is 12.6 Å². The Labute approximate surface area is 258 Å². The number of nitrogens with one attached hydrogen (secondary N) is 1. The van der Waals surface area contributed by atoms with E-state index in [1.165, 1.54) is 7.11 Å². The molecule has 1 unspecified atom stereocenters. The molecule has 0 bridgehead atoms. The van der Waals surface area contributed by atoms with Crippen molar-refractivity contribution >= 4 is 17.8 Å². The van der Waals surface area contributed by atoms with E-state index in [1.807, 2.05) is 60.7 Å². The summed E-state index contributed by atoms with van der Waals surface area (Å²) in [5.41, 5.74) is 3.82. The van der Waals surface area contributed by atoms with Crippen LogP contribution in [0.25, 0.3) is 11.1 Å². The Morgan fingerprint density at radius 2 is 1.48 bits per heavy atom. The van der Waals surface area contributed by atoms with E-state index >= 15 is 0 Å². The third kappa shape index (κ3) is 11.9. The molecule has 44 heavy (non-hydrogen) atoms. The van der Waals surface area contributed by atoms with Gasteiger partial charge in [-0.3, -0.25) is 9.59 Å². The number of carboxylic acid groups (broad SMARTS) is 1. The molecule has 0 aliphatic carbocycles. The lowest BCUT2D eigenvalue weighted by atomic mass is 10.0. The van der Waals surface area contributed by atoms with Gasteiger partial charge in [0, 0.05) is 36.4 Å². The average molecular weight is 598 g/mol. The zero-order valence-corrected chi connectivity index (χ0v) is 24.0. The number of esters is 1. The van der Waals surface area contributed by atoms with Crippen LogP contribution in [0.2, 0.25) is 0 Å². The molecule has 0 aliphatic heterocycles. The number of carbonyl (C=O) groups is 3. The van der Waals surface area contributed by atoms with Crippen LogP contribution < -0.4 is 10.1 Å². The first-order valence-corrected chi connectivity index (χ1v) is 13.7. The van der Waals surface area contributed by atoms with Crippen molar-refractivity contribution in [3.05, 3.63) is 127 Å². The molecule has 9 nitrogen and oxygen atoms in total. The van der Waals surface area contributed by atoms with E-state index in [-0.39, 0.29) is 25.8 Å². The van der Waals surface area contributed by atoms with E-state index in [9.17, 15) is 19.5 Å².